The van der Waals surface area contributed by atoms with Gasteiger partial charge in [-0.25, -0.2) is 0 Å². The molecule has 0 aromatic heterocycles. The van der Waals surface area contributed by atoms with E-state index in [0.717, 1.165) is 26.2 Å². The molecule has 3 heteroatoms. The highest BCUT2D eigenvalue weighted by Gasteiger charge is 2.37. The van der Waals surface area contributed by atoms with Crippen molar-refractivity contribution in [3.05, 3.63) is 0 Å². The van der Waals surface area contributed by atoms with Crippen LogP contribution in [0.5, 0.6) is 0 Å². The molecule has 106 valence electrons. The maximum absolute atomic E-state index is 6.01. The second-order valence-electron chi connectivity index (χ2n) is 6.54. The van der Waals surface area contributed by atoms with Gasteiger partial charge in [-0.05, 0) is 39.0 Å². The first kappa shape index (κ1) is 14.3. The van der Waals surface area contributed by atoms with E-state index in [0.29, 0.717) is 23.7 Å². The van der Waals surface area contributed by atoms with Crippen molar-refractivity contribution in [3.8, 4) is 0 Å². The molecule has 0 radical (unpaired) electrons. The molecule has 3 nitrogen and oxygen atoms in total. The minimum absolute atomic E-state index is 0.303. The largest absolute Gasteiger partial charge is 0.381 e. The van der Waals surface area contributed by atoms with Gasteiger partial charge in [0, 0.05) is 24.6 Å². The van der Waals surface area contributed by atoms with Gasteiger partial charge in [-0.15, -0.1) is 0 Å². The molecular formula is C15H29NO2. The summed E-state index contributed by atoms with van der Waals surface area (Å²) in [7, 11) is 0. The maximum Gasteiger partial charge on any atom is 0.0586 e. The summed E-state index contributed by atoms with van der Waals surface area (Å²) < 4.78 is 11.8. The van der Waals surface area contributed by atoms with E-state index >= 15 is 0 Å². The molecule has 3 atom stereocenters. The van der Waals surface area contributed by atoms with Crippen molar-refractivity contribution in [2.24, 2.45) is 5.41 Å². The predicted molar refractivity (Wildman–Crippen MR) is 73.8 cm³/mol. The topological polar surface area (TPSA) is 30.5 Å². The molecule has 2 saturated heterocycles. The number of nitrogens with one attached hydrogen (secondary N) is 1. The zero-order valence-corrected chi connectivity index (χ0v) is 12.2. The molecule has 18 heavy (non-hydrogen) atoms. The molecule has 2 aliphatic rings. The molecule has 0 aromatic rings. The fourth-order valence-corrected chi connectivity index (χ4v) is 3.22. The number of rotatable bonds is 5. The summed E-state index contributed by atoms with van der Waals surface area (Å²) in [5, 5.41) is 3.61. The highest BCUT2D eigenvalue weighted by Crippen LogP contribution is 2.37. The summed E-state index contributed by atoms with van der Waals surface area (Å²) in [5.41, 5.74) is 0.303. The van der Waals surface area contributed by atoms with Gasteiger partial charge in [-0.1, -0.05) is 13.8 Å². The summed E-state index contributed by atoms with van der Waals surface area (Å²) in [6.07, 6.45) is 6.99. The van der Waals surface area contributed by atoms with Crippen LogP contribution in [0.25, 0.3) is 0 Å². The zero-order chi connectivity index (χ0) is 13.0. The van der Waals surface area contributed by atoms with Crippen LogP contribution in [0.1, 0.15) is 52.9 Å². The van der Waals surface area contributed by atoms with E-state index in [-0.39, 0.29) is 0 Å². The van der Waals surface area contributed by atoms with Crippen LogP contribution in [0.4, 0.5) is 0 Å². The minimum Gasteiger partial charge on any atom is -0.381 e. The van der Waals surface area contributed by atoms with Crippen LogP contribution in [0.2, 0.25) is 0 Å². The number of hydrogen-bond donors (Lipinski definition) is 1. The Morgan fingerprint density at radius 2 is 2.17 bits per heavy atom. The van der Waals surface area contributed by atoms with Crippen molar-refractivity contribution in [3.63, 3.8) is 0 Å². The van der Waals surface area contributed by atoms with Gasteiger partial charge >= 0.3 is 0 Å². The second-order valence-corrected chi connectivity index (χ2v) is 6.54. The molecule has 0 amide bonds. The van der Waals surface area contributed by atoms with Crippen LogP contribution in [0.3, 0.4) is 0 Å². The lowest BCUT2D eigenvalue weighted by atomic mass is 9.77. The summed E-state index contributed by atoms with van der Waals surface area (Å²) in [6, 6.07) is 0.548. The lowest BCUT2D eigenvalue weighted by Gasteiger charge is -2.39. The molecular weight excluding hydrogens is 226 g/mol. The van der Waals surface area contributed by atoms with E-state index in [4.69, 9.17) is 9.47 Å². The monoisotopic (exact) mass is 255 g/mol. The highest BCUT2D eigenvalue weighted by atomic mass is 16.5. The zero-order valence-electron chi connectivity index (χ0n) is 12.2. The maximum atomic E-state index is 6.01. The first-order valence-electron chi connectivity index (χ1n) is 7.56. The van der Waals surface area contributed by atoms with Crippen molar-refractivity contribution in [2.45, 2.75) is 71.1 Å². The normalized spacial score (nSPS) is 37.3. The van der Waals surface area contributed by atoms with Crippen LogP contribution in [-0.4, -0.2) is 38.0 Å². The van der Waals surface area contributed by atoms with Gasteiger partial charge in [0.1, 0.15) is 0 Å². The average Bonchev–Trinajstić information content (AvgIpc) is 2.73. The van der Waals surface area contributed by atoms with E-state index < -0.39 is 0 Å². The number of ether oxygens (including phenoxy) is 2. The first-order chi connectivity index (χ1) is 8.60. The minimum atomic E-state index is 0.303. The molecule has 2 heterocycles. The van der Waals surface area contributed by atoms with E-state index in [2.05, 4.69) is 26.1 Å². The standard InChI is InChI=1S/C15H29NO2/c1-12(2)16-10-15(7-4-8-17-11-15)9-14-6-5-13(3)18-14/h12-14,16H,4-11H2,1-3H3. The van der Waals surface area contributed by atoms with Gasteiger partial charge < -0.3 is 14.8 Å². The number of hydrogen-bond acceptors (Lipinski definition) is 3. The fraction of sp³-hybridized carbons (Fsp3) is 1.00. The fourth-order valence-electron chi connectivity index (χ4n) is 3.22. The van der Waals surface area contributed by atoms with Gasteiger partial charge in [0.2, 0.25) is 0 Å². The molecule has 2 aliphatic heterocycles. The Hall–Kier alpha value is -0.120. The third-order valence-electron chi connectivity index (χ3n) is 4.27. The van der Waals surface area contributed by atoms with Crippen LogP contribution in [-0.2, 0) is 9.47 Å². The van der Waals surface area contributed by atoms with Crippen molar-refractivity contribution < 1.29 is 9.47 Å². The van der Waals surface area contributed by atoms with Crippen molar-refractivity contribution >= 4 is 0 Å². The van der Waals surface area contributed by atoms with Gasteiger partial charge in [-0.2, -0.15) is 0 Å². The third kappa shape index (κ3) is 3.94. The Bertz CT molecular complexity index is 249. The summed E-state index contributed by atoms with van der Waals surface area (Å²) >= 11 is 0. The molecule has 2 rings (SSSR count). The molecule has 2 fully saturated rings. The lowest BCUT2D eigenvalue weighted by Crippen LogP contribution is -2.45. The molecule has 0 saturated carbocycles. The Kier molecular flexibility index (Phi) is 5.05. The van der Waals surface area contributed by atoms with E-state index in [1.165, 1.54) is 25.7 Å². The molecule has 0 aliphatic carbocycles. The Morgan fingerprint density at radius 1 is 1.33 bits per heavy atom. The van der Waals surface area contributed by atoms with Crippen LogP contribution in [0, 0.1) is 5.41 Å². The summed E-state index contributed by atoms with van der Waals surface area (Å²) in [5.74, 6) is 0. The third-order valence-corrected chi connectivity index (χ3v) is 4.27. The Labute approximate surface area is 112 Å². The summed E-state index contributed by atoms with van der Waals surface area (Å²) in [6.45, 7) is 9.53. The van der Waals surface area contributed by atoms with E-state index in [1.807, 2.05) is 0 Å². The quantitative estimate of drug-likeness (QED) is 0.819. The van der Waals surface area contributed by atoms with Crippen LogP contribution < -0.4 is 5.32 Å². The first-order valence-corrected chi connectivity index (χ1v) is 7.56. The van der Waals surface area contributed by atoms with Crippen molar-refractivity contribution in [1.82, 2.24) is 5.32 Å². The molecule has 1 N–H and O–H groups in total. The van der Waals surface area contributed by atoms with Gasteiger partial charge in [-0.3, -0.25) is 0 Å². The smallest absolute Gasteiger partial charge is 0.0586 e. The van der Waals surface area contributed by atoms with Gasteiger partial charge in [0.15, 0.2) is 0 Å². The second kappa shape index (κ2) is 6.36. The van der Waals surface area contributed by atoms with Crippen LogP contribution >= 0.6 is 0 Å². The van der Waals surface area contributed by atoms with Crippen molar-refractivity contribution in [2.75, 3.05) is 19.8 Å². The van der Waals surface area contributed by atoms with E-state index in [1.54, 1.807) is 0 Å². The predicted octanol–water partition coefficient (Wildman–Crippen LogP) is 2.74. The SMILES string of the molecule is CC(C)NCC1(CC2CCC(C)O2)CCCOC1. The Morgan fingerprint density at radius 3 is 2.72 bits per heavy atom. The van der Waals surface area contributed by atoms with Gasteiger partial charge in [0.25, 0.3) is 0 Å². The summed E-state index contributed by atoms with van der Waals surface area (Å²) in [4.78, 5) is 0. The molecule has 0 bridgehead atoms. The van der Waals surface area contributed by atoms with Crippen LogP contribution in [0.15, 0.2) is 0 Å². The average molecular weight is 255 g/mol. The molecule has 3 unspecified atom stereocenters. The van der Waals surface area contributed by atoms with Gasteiger partial charge in [0.05, 0.1) is 18.8 Å². The van der Waals surface area contributed by atoms with Crippen molar-refractivity contribution in [1.29, 1.82) is 0 Å². The lowest BCUT2D eigenvalue weighted by molar-refractivity contribution is -0.0482. The van der Waals surface area contributed by atoms with E-state index in [9.17, 15) is 0 Å². The Balaban J connectivity index is 1.91. The molecule has 0 aromatic carbocycles. The highest BCUT2D eigenvalue weighted by molar-refractivity contribution is 4.89. The molecule has 0 spiro atoms.